The Labute approximate surface area is 159 Å². The Kier molecular flexibility index (Phi) is 6.32. The first-order valence-electron chi connectivity index (χ1n) is 9.52. The number of methoxy groups -OCH3 is 1. The van der Waals surface area contributed by atoms with Crippen molar-refractivity contribution >= 4 is 5.91 Å². The van der Waals surface area contributed by atoms with Crippen LogP contribution < -0.4 is 9.47 Å². The van der Waals surface area contributed by atoms with Gasteiger partial charge in [-0.05, 0) is 44.4 Å². The van der Waals surface area contributed by atoms with Crippen molar-refractivity contribution in [2.75, 3.05) is 26.8 Å². The predicted molar refractivity (Wildman–Crippen MR) is 100 cm³/mol. The molecule has 0 aliphatic carbocycles. The average Bonchev–Trinajstić information content (AvgIpc) is 3.14. The summed E-state index contributed by atoms with van der Waals surface area (Å²) >= 11 is 0. The number of likely N-dealkylation sites (tertiary alicyclic amines) is 1. The molecular formula is C20H27N3O4. The first-order chi connectivity index (χ1) is 13.1. The molecule has 7 nitrogen and oxygen atoms in total. The van der Waals surface area contributed by atoms with Gasteiger partial charge in [0.1, 0.15) is 0 Å². The highest BCUT2D eigenvalue weighted by Crippen LogP contribution is 2.31. The fourth-order valence-electron chi connectivity index (χ4n) is 3.24. The molecule has 2 heterocycles. The minimum Gasteiger partial charge on any atom is -0.493 e. The van der Waals surface area contributed by atoms with Crippen LogP contribution in [-0.4, -0.2) is 47.8 Å². The fourth-order valence-corrected chi connectivity index (χ4v) is 3.24. The second-order valence-electron chi connectivity index (χ2n) is 6.81. The molecule has 0 saturated carbocycles. The molecule has 1 aliphatic rings. The number of aryl methyl sites for hydroxylation is 1. The van der Waals surface area contributed by atoms with Crippen LogP contribution in [-0.2, 0) is 0 Å². The Hall–Kier alpha value is -2.57. The molecule has 2 aromatic rings. The number of ether oxygens (including phenoxy) is 2. The van der Waals surface area contributed by atoms with E-state index in [9.17, 15) is 4.79 Å². The summed E-state index contributed by atoms with van der Waals surface area (Å²) in [4.78, 5) is 19.0. The molecule has 7 heteroatoms. The second kappa shape index (κ2) is 8.88. The lowest BCUT2D eigenvalue weighted by atomic mass is 9.96. The lowest BCUT2D eigenvalue weighted by Gasteiger charge is -2.30. The number of aromatic nitrogens is 2. The summed E-state index contributed by atoms with van der Waals surface area (Å²) in [7, 11) is 1.59. The third-order valence-electron chi connectivity index (χ3n) is 4.84. The number of hydrogen-bond acceptors (Lipinski definition) is 6. The van der Waals surface area contributed by atoms with Gasteiger partial charge in [0, 0.05) is 24.6 Å². The standard InChI is InChI=1S/C20H27N3O4/c1-4-5-12-26-17-7-6-16(13-18(17)25-3)20(24)23-10-8-15(9-11-23)19-21-14(2)22-27-19/h6-7,13,15H,4-5,8-12H2,1-3H3. The summed E-state index contributed by atoms with van der Waals surface area (Å²) in [6.45, 7) is 5.91. The third-order valence-corrected chi connectivity index (χ3v) is 4.84. The van der Waals surface area contributed by atoms with Crippen LogP contribution in [0, 0.1) is 6.92 Å². The van der Waals surface area contributed by atoms with Crippen LogP contribution in [0.3, 0.4) is 0 Å². The van der Waals surface area contributed by atoms with Crippen LogP contribution >= 0.6 is 0 Å². The Balaban J connectivity index is 1.62. The molecule has 1 aromatic heterocycles. The molecule has 0 bridgehead atoms. The van der Waals surface area contributed by atoms with Gasteiger partial charge in [-0.25, -0.2) is 0 Å². The number of carbonyl (C=O) groups is 1. The summed E-state index contributed by atoms with van der Waals surface area (Å²) in [6, 6.07) is 5.38. The quantitative estimate of drug-likeness (QED) is 0.690. The molecule has 1 aromatic carbocycles. The van der Waals surface area contributed by atoms with Crippen LogP contribution in [0.4, 0.5) is 0 Å². The van der Waals surface area contributed by atoms with Crippen molar-refractivity contribution in [2.24, 2.45) is 0 Å². The molecule has 146 valence electrons. The SMILES string of the molecule is CCCCOc1ccc(C(=O)N2CCC(c3nc(C)no3)CC2)cc1OC. The maximum Gasteiger partial charge on any atom is 0.253 e. The highest BCUT2D eigenvalue weighted by Gasteiger charge is 2.28. The van der Waals surface area contributed by atoms with Gasteiger partial charge in [0.25, 0.3) is 5.91 Å². The monoisotopic (exact) mass is 373 g/mol. The number of benzene rings is 1. The van der Waals surface area contributed by atoms with Gasteiger partial charge in [0.15, 0.2) is 17.3 Å². The van der Waals surface area contributed by atoms with Crippen LogP contribution in [0.1, 0.15) is 60.6 Å². The minimum absolute atomic E-state index is 0.00793. The second-order valence-corrected chi connectivity index (χ2v) is 6.81. The minimum atomic E-state index is 0.00793. The maximum absolute atomic E-state index is 12.9. The van der Waals surface area contributed by atoms with E-state index in [1.165, 1.54) is 0 Å². The lowest BCUT2D eigenvalue weighted by Crippen LogP contribution is -2.38. The van der Waals surface area contributed by atoms with E-state index in [4.69, 9.17) is 14.0 Å². The van der Waals surface area contributed by atoms with Crippen LogP contribution in [0.15, 0.2) is 22.7 Å². The average molecular weight is 373 g/mol. The van der Waals surface area contributed by atoms with Crippen molar-refractivity contribution < 1.29 is 18.8 Å². The number of unbranched alkanes of at least 4 members (excludes halogenated alkanes) is 1. The van der Waals surface area contributed by atoms with Gasteiger partial charge in [0.2, 0.25) is 5.89 Å². The number of carbonyl (C=O) groups excluding carboxylic acids is 1. The van der Waals surface area contributed by atoms with Gasteiger partial charge in [-0.1, -0.05) is 18.5 Å². The van der Waals surface area contributed by atoms with Crippen molar-refractivity contribution in [1.29, 1.82) is 0 Å². The molecular weight excluding hydrogens is 346 g/mol. The Morgan fingerprint density at radius 3 is 2.70 bits per heavy atom. The molecule has 3 rings (SSSR count). The van der Waals surface area contributed by atoms with Gasteiger partial charge < -0.3 is 18.9 Å². The summed E-state index contributed by atoms with van der Waals surface area (Å²) in [5.41, 5.74) is 0.613. The van der Waals surface area contributed by atoms with E-state index in [1.807, 2.05) is 17.9 Å². The van der Waals surface area contributed by atoms with E-state index in [-0.39, 0.29) is 11.8 Å². The van der Waals surface area contributed by atoms with Gasteiger partial charge in [-0.3, -0.25) is 4.79 Å². The topological polar surface area (TPSA) is 77.7 Å². The number of hydrogen-bond donors (Lipinski definition) is 0. The molecule has 1 fully saturated rings. The van der Waals surface area contributed by atoms with Crippen LogP contribution in [0.2, 0.25) is 0 Å². The van der Waals surface area contributed by atoms with Crippen molar-refractivity contribution in [1.82, 2.24) is 15.0 Å². The molecule has 0 radical (unpaired) electrons. The number of rotatable bonds is 7. The van der Waals surface area contributed by atoms with Gasteiger partial charge in [-0.2, -0.15) is 4.98 Å². The fraction of sp³-hybridized carbons (Fsp3) is 0.550. The molecule has 0 atom stereocenters. The van der Waals surface area contributed by atoms with E-state index < -0.39 is 0 Å². The van der Waals surface area contributed by atoms with E-state index in [0.29, 0.717) is 48.5 Å². The zero-order chi connectivity index (χ0) is 19.2. The number of nitrogens with zero attached hydrogens (tertiary/aromatic N) is 3. The van der Waals surface area contributed by atoms with Crippen molar-refractivity contribution in [2.45, 2.75) is 45.4 Å². The maximum atomic E-state index is 12.9. The smallest absolute Gasteiger partial charge is 0.253 e. The predicted octanol–water partition coefficient (Wildman–Crippen LogP) is 3.59. The van der Waals surface area contributed by atoms with Crippen molar-refractivity contribution in [3.63, 3.8) is 0 Å². The Morgan fingerprint density at radius 2 is 2.07 bits per heavy atom. The van der Waals surface area contributed by atoms with Gasteiger partial charge in [-0.15, -0.1) is 0 Å². The molecule has 1 aliphatic heterocycles. The highest BCUT2D eigenvalue weighted by molar-refractivity contribution is 5.95. The number of amides is 1. The van der Waals surface area contributed by atoms with Crippen LogP contribution in [0.25, 0.3) is 0 Å². The lowest BCUT2D eigenvalue weighted by molar-refractivity contribution is 0.0704. The first kappa shape index (κ1) is 19.2. The Bertz CT molecular complexity index is 766. The summed E-state index contributed by atoms with van der Waals surface area (Å²) in [5, 5.41) is 3.86. The highest BCUT2D eigenvalue weighted by atomic mass is 16.5. The molecule has 0 unspecified atom stereocenters. The van der Waals surface area contributed by atoms with E-state index in [2.05, 4.69) is 17.1 Å². The van der Waals surface area contributed by atoms with E-state index in [0.717, 1.165) is 25.7 Å². The van der Waals surface area contributed by atoms with Gasteiger partial charge >= 0.3 is 0 Å². The van der Waals surface area contributed by atoms with E-state index in [1.54, 1.807) is 19.2 Å². The molecule has 1 saturated heterocycles. The molecule has 0 N–H and O–H groups in total. The molecule has 0 spiro atoms. The summed E-state index contributed by atoms with van der Waals surface area (Å²) < 4.78 is 16.4. The van der Waals surface area contributed by atoms with Crippen LogP contribution in [0.5, 0.6) is 11.5 Å². The van der Waals surface area contributed by atoms with Gasteiger partial charge in [0.05, 0.1) is 13.7 Å². The van der Waals surface area contributed by atoms with E-state index >= 15 is 0 Å². The van der Waals surface area contributed by atoms with Crippen molar-refractivity contribution in [3.05, 3.63) is 35.5 Å². The third kappa shape index (κ3) is 4.59. The normalized spacial score (nSPS) is 15.0. The molecule has 27 heavy (non-hydrogen) atoms. The Morgan fingerprint density at radius 1 is 1.30 bits per heavy atom. The van der Waals surface area contributed by atoms with Crippen molar-refractivity contribution in [3.8, 4) is 11.5 Å². The summed E-state index contributed by atoms with van der Waals surface area (Å²) in [6.07, 6.45) is 3.70. The largest absolute Gasteiger partial charge is 0.493 e. The zero-order valence-electron chi connectivity index (χ0n) is 16.2. The number of piperidine rings is 1. The first-order valence-corrected chi connectivity index (χ1v) is 9.52. The summed E-state index contributed by atoms with van der Waals surface area (Å²) in [5.74, 6) is 2.82. The molecule has 1 amide bonds. The zero-order valence-corrected chi connectivity index (χ0v) is 16.2.